The summed E-state index contributed by atoms with van der Waals surface area (Å²) >= 11 is 0. The van der Waals surface area contributed by atoms with Crippen molar-refractivity contribution >= 4 is 10.4 Å². The standard InChI is InChI=1S/C7H18NO3.CH4O4S.H3N/c1-8(2-5-9,3-6-10)4-7-11;1-5-6(2,3)4;/h9-11H,2-7H2,1H3;1H3,(H,2,3,4);1H3/q+1;;. The molecule has 0 unspecified atom stereocenters. The second-order valence-electron chi connectivity index (χ2n) is 3.56. The van der Waals surface area contributed by atoms with Crippen molar-refractivity contribution in [3.8, 4) is 0 Å². The average Bonchev–Trinajstić information content (AvgIpc) is 2.18. The van der Waals surface area contributed by atoms with Crippen LogP contribution in [-0.2, 0) is 14.6 Å². The third-order valence-electron chi connectivity index (χ3n) is 2.13. The van der Waals surface area contributed by atoms with Gasteiger partial charge < -0.3 is 26.0 Å². The average molecular weight is 293 g/mol. The molecule has 0 aromatic heterocycles. The molecule has 0 rings (SSSR count). The maximum Gasteiger partial charge on any atom is 0.397 e. The predicted molar refractivity (Wildman–Crippen MR) is 65.6 cm³/mol. The van der Waals surface area contributed by atoms with Gasteiger partial charge in [-0.1, -0.05) is 0 Å². The SMILES string of the molecule is COS(=O)(=O)O.C[N+](CCO)(CCO)CCO.N. The summed E-state index contributed by atoms with van der Waals surface area (Å²) in [6.45, 7) is 2.03. The molecule has 7 N–H and O–H groups in total. The normalized spacial score (nSPS) is 11.2. The smallest absolute Gasteiger partial charge is 0.391 e. The van der Waals surface area contributed by atoms with Crippen LogP contribution < -0.4 is 6.15 Å². The lowest BCUT2D eigenvalue weighted by molar-refractivity contribution is -0.910. The Kier molecular flexibility index (Phi) is 14.9. The van der Waals surface area contributed by atoms with Gasteiger partial charge in [-0.3, -0.25) is 8.74 Å². The molecule has 0 radical (unpaired) electrons. The molecule has 0 atom stereocenters. The topological polar surface area (TPSA) is 159 Å². The minimum absolute atomic E-state index is 0. The van der Waals surface area contributed by atoms with E-state index < -0.39 is 10.4 Å². The van der Waals surface area contributed by atoms with Gasteiger partial charge in [0.1, 0.15) is 19.6 Å². The van der Waals surface area contributed by atoms with E-state index in [0.717, 1.165) is 7.11 Å². The third-order valence-corrected chi connectivity index (χ3v) is 2.55. The van der Waals surface area contributed by atoms with E-state index in [0.29, 0.717) is 24.1 Å². The predicted octanol–water partition coefficient (Wildman–Crippen LogP) is -1.99. The van der Waals surface area contributed by atoms with Crippen molar-refractivity contribution < 1.29 is 37.0 Å². The van der Waals surface area contributed by atoms with Crippen molar-refractivity contribution in [2.75, 3.05) is 53.6 Å². The number of likely N-dealkylation sites (N-methyl/N-ethyl adjacent to an activating group) is 1. The Hall–Kier alpha value is -0.330. The van der Waals surface area contributed by atoms with Crippen LogP contribution in [0.25, 0.3) is 0 Å². The van der Waals surface area contributed by atoms with Crippen LogP contribution in [0.15, 0.2) is 0 Å². The minimum atomic E-state index is -4.16. The number of rotatable bonds is 7. The Labute approximate surface area is 108 Å². The highest BCUT2D eigenvalue weighted by Gasteiger charge is 2.18. The van der Waals surface area contributed by atoms with Gasteiger partial charge in [0.15, 0.2) is 0 Å². The first-order valence-electron chi connectivity index (χ1n) is 4.94. The lowest BCUT2D eigenvalue weighted by Crippen LogP contribution is -2.49. The first kappa shape index (κ1) is 22.8. The Morgan fingerprint density at radius 3 is 1.33 bits per heavy atom. The monoisotopic (exact) mass is 293 g/mol. The molecule has 0 amide bonds. The summed E-state index contributed by atoms with van der Waals surface area (Å²) in [7, 11) is -1.39. The largest absolute Gasteiger partial charge is 0.397 e. The van der Waals surface area contributed by atoms with E-state index in [4.69, 9.17) is 19.9 Å². The summed E-state index contributed by atoms with van der Waals surface area (Å²) in [5, 5.41) is 26.0. The van der Waals surface area contributed by atoms with Crippen LogP contribution in [-0.4, -0.2) is 86.4 Å². The highest BCUT2D eigenvalue weighted by molar-refractivity contribution is 7.80. The van der Waals surface area contributed by atoms with E-state index in [-0.39, 0.29) is 26.0 Å². The summed E-state index contributed by atoms with van der Waals surface area (Å²) in [5.74, 6) is 0. The van der Waals surface area contributed by atoms with Gasteiger partial charge in [-0.2, -0.15) is 8.42 Å². The second-order valence-corrected chi connectivity index (χ2v) is 4.74. The molecule has 0 aromatic rings. The second kappa shape index (κ2) is 11.7. The fraction of sp³-hybridized carbons (Fsp3) is 1.00. The van der Waals surface area contributed by atoms with Gasteiger partial charge >= 0.3 is 10.4 Å². The minimum Gasteiger partial charge on any atom is -0.391 e. The van der Waals surface area contributed by atoms with E-state index in [2.05, 4.69) is 4.18 Å². The molecule has 0 aliphatic carbocycles. The molecule has 114 valence electrons. The Balaban J connectivity index is -0.000000277. The van der Waals surface area contributed by atoms with Crippen molar-refractivity contribution in [1.29, 1.82) is 0 Å². The summed E-state index contributed by atoms with van der Waals surface area (Å²) in [6, 6.07) is 0. The van der Waals surface area contributed by atoms with Crippen LogP contribution in [0.4, 0.5) is 0 Å². The number of hydrogen-bond acceptors (Lipinski definition) is 7. The molecular weight excluding hydrogens is 268 g/mol. The van der Waals surface area contributed by atoms with Crippen LogP contribution in [0.5, 0.6) is 0 Å². The third kappa shape index (κ3) is 15.7. The van der Waals surface area contributed by atoms with Crippen LogP contribution >= 0.6 is 0 Å². The number of hydrogen-bond donors (Lipinski definition) is 5. The van der Waals surface area contributed by atoms with Gasteiger partial charge in [0, 0.05) is 0 Å². The molecule has 9 nitrogen and oxygen atoms in total. The fourth-order valence-corrected chi connectivity index (χ4v) is 1.06. The molecule has 0 saturated carbocycles. The first-order chi connectivity index (χ1) is 7.74. The lowest BCUT2D eigenvalue weighted by atomic mass is 10.4. The Morgan fingerprint density at radius 2 is 1.22 bits per heavy atom. The molecule has 0 aliphatic heterocycles. The zero-order chi connectivity index (χ0) is 13.9. The summed E-state index contributed by atoms with van der Waals surface area (Å²) in [6.07, 6.45) is 0. The first-order valence-corrected chi connectivity index (χ1v) is 6.30. The van der Waals surface area contributed by atoms with Crippen LogP contribution in [0.3, 0.4) is 0 Å². The molecule has 0 heterocycles. The van der Waals surface area contributed by atoms with Gasteiger partial charge in [0.25, 0.3) is 0 Å². The molecule has 10 heteroatoms. The lowest BCUT2D eigenvalue weighted by Gasteiger charge is -2.32. The van der Waals surface area contributed by atoms with Crippen molar-refractivity contribution in [3.05, 3.63) is 0 Å². The summed E-state index contributed by atoms with van der Waals surface area (Å²) in [4.78, 5) is 0. The molecule has 0 fully saturated rings. The number of aliphatic hydroxyl groups is 3. The zero-order valence-electron chi connectivity index (χ0n) is 10.8. The molecular formula is C8H25N2O7S+. The molecule has 0 aromatic carbocycles. The molecule has 0 saturated heterocycles. The molecule has 0 spiro atoms. The van der Waals surface area contributed by atoms with Crippen LogP contribution in [0.2, 0.25) is 0 Å². The van der Waals surface area contributed by atoms with Crippen molar-refractivity contribution in [3.63, 3.8) is 0 Å². The van der Waals surface area contributed by atoms with Crippen molar-refractivity contribution in [2.45, 2.75) is 0 Å². The summed E-state index contributed by atoms with van der Waals surface area (Å²) < 4.78 is 30.2. The van der Waals surface area contributed by atoms with E-state index in [1.165, 1.54) is 0 Å². The van der Waals surface area contributed by atoms with Gasteiger partial charge in [-0.25, -0.2) is 0 Å². The van der Waals surface area contributed by atoms with Gasteiger partial charge in [-0.05, 0) is 0 Å². The van der Waals surface area contributed by atoms with E-state index in [1.54, 1.807) is 0 Å². The number of nitrogens with zero attached hydrogens (tertiary/aromatic N) is 1. The molecule has 0 bridgehead atoms. The highest BCUT2D eigenvalue weighted by atomic mass is 32.3. The molecule has 0 aliphatic rings. The van der Waals surface area contributed by atoms with Crippen LogP contribution in [0.1, 0.15) is 0 Å². The quantitative estimate of drug-likeness (QED) is 0.266. The van der Waals surface area contributed by atoms with Gasteiger partial charge in [0.2, 0.25) is 0 Å². The maximum absolute atomic E-state index is 9.33. The highest BCUT2D eigenvalue weighted by Crippen LogP contribution is 1.99. The van der Waals surface area contributed by atoms with Gasteiger partial charge in [0.05, 0.1) is 34.0 Å². The zero-order valence-corrected chi connectivity index (χ0v) is 11.6. The fourth-order valence-electron chi connectivity index (χ4n) is 1.06. The summed E-state index contributed by atoms with van der Waals surface area (Å²) in [5.41, 5.74) is 0. The van der Waals surface area contributed by atoms with E-state index in [1.807, 2.05) is 7.05 Å². The molecule has 18 heavy (non-hydrogen) atoms. The van der Waals surface area contributed by atoms with Crippen LogP contribution in [0, 0.1) is 0 Å². The number of quaternary nitrogens is 1. The van der Waals surface area contributed by atoms with Crippen molar-refractivity contribution in [2.24, 2.45) is 0 Å². The van der Waals surface area contributed by atoms with E-state index in [9.17, 15) is 8.42 Å². The number of aliphatic hydroxyl groups excluding tert-OH is 3. The van der Waals surface area contributed by atoms with E-state index >= 15 is 0 Å². The van der Waals surface area contributed by atoms with Gasteiger partial charge in [-0.15, -0.1) is 0 Å². The maximum atomic E-state index is 9.33. The Bertz CT molecular complexity index is 254. The van der Waals surface area contributed by atoms with Crippen molar-refractivity contribution in [1.82, 2.24) is 6.15 Å². The Morgan fingerprint density at radius 1 is 1.00 bits per heavy atom.